The summed E-state index contributed by atoms with van der Waals surface area (Å²) >= 11 is 0. The number of benzene rings is 1. The van der Waals surface area contributed by atoms with Crippen LogP contribution in [0.15, 0.2) is 24.3 Å². The quantitative estimate of drug-likeness (QED) is 0.894. The number of carbonyl (C=O) groups is 1. The van der Waals surface area contributed by atoms with Gasteiger partial charge in [-0.3, -0.25) is 9.69 Å². The molecule has 136 valence electrons. The van der Waals surface area contributed by atoms with E-state index in [1.165, 1.54) is 0 Å². The molecule has 2 atom stereocenters. The third kappa shape index (κ3) is 3.90. The fourth-order valence-electron chi connectivity index (χ4n) is 3.84. The summed E-state index contributed by atoms with van der Waals surface area (Å²) in [5.74, 6) is 1.80. The molecule has 6 heteroatoms. The van der Waals surface area contributed by atoms with E-state index in [0.29, 0.717) is 23.5 Å². The largest absolute Gasteiger partial charge is 0.485 e. The standard InChI is InChI=1S/C19H26N2O4/c22-19(18-13-24-16-3-1-2-4-17(16)25-18)20-11-14-5-8-21(9-6-14)15-7-10-23-12-15/h1-4,14-15,18H,5-13H2,(H,20,22). The van der Waals surface area contributed by atoms with E-state index in [4.69, 9.17) is 14.2 Å². The summed E-state index contributed by atoms with van der Waals surface area (Å²) in [6, 6.07) is 8.06. The Labute approximate surface area is 148 Å². The molecule has 3 heterocycles. The molecule has 0 bridgehead atoms. The third-order valence-electron chi connectivity index (χ3n) is 5.44. The van der Waals surface area contributed by atoms with Gasteiger partial charge in [0, 0.05) is 19.2 Å². The number of fused-ring (bicyclic) bond motifs is 1. The molecule has 25 heavy (non-hydrogen) atoms. The summed E-state index contributed by atoms with van der Waals surface area (Å²) < 4.78 is 16.9. The highest BCUT2D eigenvalue weighted by Gasteiger charge is 2.30. The van der Waals surface area contributed by atoms with E-state index in [-0.39, 0.29) is 12.5 Å². The van der Waals surface area contributed by atoms with E-state index in [2.05, 4.69) is 10.2 Å². The van der Waals surface area contributed by atoms with E-state index in [9.17, 15) is 4.79 Å². The first kappa shape index (κ1) is 16.7. The van der Waals surface area contributed by atoms with Crippen LogP contribution in [0.5, 0.6) is 11.5 Å². The number of carbonyl (C=O) groups excluding carboxylic acids is 1. The number of nitrogens with zero attached hydrogens (tertiary/aromatic N) is 1. The molecule has 0 aliphatic carbocycles. The van der Waals surface area contributed by atoms with Crippen molar-refractivity contribution in [1.82, 2.24) is 10.2 Å². The highest BCUT2D eigenvalue weighted by atomic mass is 16.6. The first-order chi connectivity index (χ1) is 12.3. The van der Waals surface area contributed by atoms with E-state index in [1.807, 2.05) is 24.3 Å². The van der Waals surface area contributed by atoms with Crippen molar-refractivity contribution in [2.75, 3.05) is 39.5 Å². The first-order valence-corrected chi connectivity index (χ1v) is 9.27. The second kappa shape index (κ2) is 7.62. The highest BCUT2D eigenvalue weighted by molar-refractivity contribution is 5.81. The summed E-state index contributed by atoms with van der Waals surface area (Å²) in [6.45, 7) is 4.96. The van der Waals surface area contributed by atoms with Crippen LogP contribution >= 0.6 is 0 Å². The molecule has 3 aliphatic heterocycles. The van der Waals surface area contributed by atoms with Crippen LogP contribution in [0.4, 0.5) is 0 Å². The number of ether oxygens (including phenoxy) is 3. The van der Waals surface area contributed by atoms with Gasteiger partial charge in [-0.25, -0.2) is 0 Å². The Bertz CT molecular complexity index is 595. The SMILES string of the molecule is O=C(NCC1CCN(C2CCOC2)CC1)C1COc2ccccc2O1. The van der Waals surface area contributed by atoms with E-state index in [1.54, 1.807) is 0 Å². The lowest BCUT2D eigenvalue weighted by molar-refractivity contribution is -0.130. The molecule has 0 aromatic heterocycles. The molecular weight excluding hydrogens is 320 g/mol. The van der Waals surface area contributed by atoms with Gasteiger partial charge < -0.3 is 19.5 Å². The van der Waals surface area contributed by atoms with Crippen LogP contribution in [0.3, 0.4) is 0 Å². The van der Waals surface area contributed by atoms with Gasteiger partial charge in [0.2, 0.25) is 6.10 Å². The van der Waals surface area contributed by atoms with Crippen molar-refractivity contribution in [3.8, 4) is 11.5 Å². The lowest BCUT2D eigenvalue weighted by Crippen LogP contribution is -2.47. The number of nitrogens with one attached hydrogen (secondary N) is 1. The van der Waals surface area contributed by atoms with Crippen LogP contribution in [0.2, 0.25) is 0 Å². The molecule has 4 rings (SSSR count). The maximum atomic E-state index is 12.4. The predicted molar refractivity (Wildman–Crippen MR) is 92.9 cm³/mol. The lowest BCUT2D eigenvalue weighted by Gasteiger charge is -2.35. The van der Waals surface area contributed by atoms with Crippen molar-refractivity contribution in [3.05, 3.63) is 24.3 Å². The average Bonchev–Trinajstić information content (AvgIpc) is 3.21. The van der Waals surface area contributed by atoms with Crippen molar-refractivity contribution in [1.29, 1.82) is 0 Å². The Balaban J connectivity index is 1.21. The molecule has 2 unspecified atom stereocenters. The van der Waals surface area contributed by atoms with Crippen LogP contribution in [-0.4, -0.2) is 62.4 Å². The van der Waals surface area contributed by atoms with E-state index < -0.39 is 6.10 Å². The molecule has 2 fully saturated rings. The molecule has 1 aromatic carbocycles. The Kier molecular flexibility index (Phi) is 5.08. The first-order valence-electron chi connectivity index (χ1n) is 9.27. The number of hydrogen-bond donors (Lipinski definition) is 1. The van der Waals surface area contributed by atoms with Gasteiger partial charge in [0.05, 0.1) is 6.61 Å². The van der Waals surface area contributed by atoms with Gasteiger partial charge in [-0.1, -0.05) is 12.1 Å². The van der Waals surface area contributed by atoms with Crippen LogP contribution in [0.1, 0.15) is 19.3 Å². The zero-order chi connectivity index (χ0) is 17.1. The Morgan fingerprint density at radius 3 is 2.68 bits per heavy atom. The van der Waals surface area contributed by atoms with Crippen molar-refractivity contribution in [3.63, 3.8) is 0 Å². The number of hydrogen-bond acceptors (Lipinski definition) is 5. The number of rotatable bonds is 4. The van der Waals surface area contributed by atoms with Crippen molar-refractivity contribution < 1.29 is 19.0 Å². The average molecular weight is 346 g/mol. The minimum atomic E-state index is -0.564. The fourth-order valence-corrected chi connectivity index (χ4v) is 3.84. The molecule has 1 aromatic rings. The summed E-state index contributed by atoms with van der Waals surface area (Å²) in [4.78, 5) is 14.9. The van der Waals surface area contributed by atoms with Gasteiger partial charge in [0.1, 0.15) is 6.61 Å². The minimum absolute atomic E-state index is 0.0823. The predicted octanol–water partition coefficient (Wildman–Crippen LogP) is 1.44. The van der Waals surface area contributed by atoms with E-state index >= 15 is 0 Å². The summed E-state index contributed by atoms with van der Waals surface area (Å²) in [5, 5.41) is 3.05. The molecule has 3 aliphatic rings. The minimum Gasteiger partial charge on any atom is -0.485 e. The second-order valence-electron chi connectivity index (χ2n) is 7.11. The molecule has 0 spiro atoms. The van der Waals surface area contributed by atoms with Gasteiger partial charge >= 0.3 is 0 Å². The summed E-state index contributed by atoms with van der Waals surface area (Å²) in [7, 11) is 0. The lowest BCUT2D eigenvalue weighted by atomic mass is 9.95. The highest BCUT2D eigenvalue weighted by Crippen LogP contribution is 2.31. The maximum absolute atomic E-state index is 12.4. The third-order valence-corrected chi connectivity index (χ3v) is 5.44. The van der Waals surface area contributed by atoms with Gasteiger partial charge in [-0.05, 0) is 50.4 Å². The normalized spacial score (nSPS) is 27.2. The number of likely N-dealkylation sites (tertiary alicyclic amines) is 1. The van der Waals surface area contributed by atoms with Crippen molar-refractivity contribution in [2.24, 2.45) is 5.92 Å². The van der Waals surface area contributed by atoms with Crippen molar-refractivity contribution in [2.45, 2.75) is 31.4 Å². The number of amides is 1. The summed E-state index contributed by atoms with van der Waals surface area (Å²) in [6.07, 6.45) is 2.84. The van der Waals surface area contributed by atoms with Gasteiger partial charge in [0.15, 0.2) is 11.5 Å². The fraction of sp³-hybridized carbons (Fsp3) is 0.632. The van der Waals surface area contributed by atoms with Crippen LogP contribution < -0.4 is 14.8 Å². The monoisotopic (exact) mass is 346 g/mol. The molecule has 6 nitrogen and oxygen atoms in total. The van der Waals surface area contributed by atoms with Crippen LogP contribution in [0, 0.1) is 5.92 Å². The van der Waals surface area contributed by atoms with E-state index in [0.717, 1.165) is 52.1 Å². The second-order valence-corrected chi connectivity index (χ2v) is 7.11. The van der Waals surface area contributed by atoms with Gasteiger partial charge in [0.25, 0.3) is 5.91 Å². The Morgan fingerprint density at radius 1 is 1.12 bits per heavy atom. The zero-order valence-electron chi connectivity index (χ0n) is 14.5. The zero-order valence-corrected chi connectivity index (χ0v) is 14.5. The summed E-state index contributed by atoms with van der Waals surface area (Å²) in [5.41, 5.74) is 0. The molecule has 1 N–H and O–H groups in total. The molecular formula is C19H26N2O4. The van der Waals surface area contributed by atoms with Crippen LogP contribution in [0.25, 0.3) is 0 Å². The topological polar surface area (TPSA) is 60.0 Å². The van der Waals surface area contributed by atoms with Gasteiger partial charge in [-0.2, -0.15) is 0 Å². The molecule has 0 radical (unpaired) electrons. The smallest absolute Gasteiger partial charge is 0.264 e. The van der Waals surface area contributed by atoms with Gasteiger partial charge in [-0.15, -0.1) is 0 Å². The molecule has 0 saturated carbocycles. The van der Waals surface area contributed by atoms with Crippen LogP contribution in [-0.2, 0) is 9.53 Å². The number of piperidine rings is 1. The molecule has 2 saturated heterocycles. The Morgan fingerprint density at radius 2 is 1.92 bits per heavy atom. The molecule has 1 amide bonds. The number of para-hydroxylation sites is 2. The Hall–Kier alpha value is -1.79. The van der Waals surface area contributed by atoms with Crippen molar-refractivity contribution >= 4 is 5.91 Å². The maximum Gasteiger partial charge on any atom is 0.264 e.